The van der Waals surface area contributed by atoms with Crippen LogP contribution in [0, 0.1) is 11.3 Å². The van der Waals surface area contributed by atoms with Crippen LogP contribution < -0.4 is 0 Å². The molecule has 0 atom stereocenters. The molecular formula is C97H81N9. The molecule has 0 aliphatic heterocycles. The average molecular weight is 1370 g/mol. The summed E-state index contributed by atoms with van der Waals surface area (Å²) in [5.41, 5.74) is 27.6. The van der Waals surface area contributed by atoms with Crippen molar-refractivity contribution < 1.29 is 0 Å². The first-order chi connectivity index (χ1) is 51.0. The Hall–Kier alpha value is -12.5. The zero-order valence-corrected chi connectivity index (χ0v) is 62.0. The summed E-state index contributed by atoms with van der Waals surface area (Å²) in [6, 6.07) is 103. The molecule has 0 amide bonds. The van der Waals surface area contributed by atoms with E-state index in [4.69, 9.17) is 9.97 Å². The van der Waals surface area contributed by atoms with Crippen LogP contribution in [0.5, 0.6) is 0 Å². The van der Waals surface area contributed by atoms with Crippen LogP contribution in [0.25, 0.3) is 167 Å². The van der Waals surface area contributed by atoms with E-state index in [1.54, 1.807) is 0 Å². The third-order valence-corrected chi connectivity index (χ3v) is 22.3. The first-order valence-corrected chi connectivity index (χ1v) is 37.0. The molecule has 0 saturated carbocycles. The highest BCUT2D eigenvalue weighted by Gasteiger charge is 2.35. The number of rotatable bonds is 8. The Bertz CT molecular complexity index is 6750. The monoisotopic (exact) mass is 1370 g/mol. The minimum Gasteiger partial charge on any atom is -0.307 e. The van der Waals surface area contributed by atoms with Crippen LogP contribution in [0.3, 0.4) is 0 Å². The first-order valence-electron chi connectivity index (χ1n) is 37.0. The summed E-state index contributed by atoms with van der Waals surface area (Å²) in [7, 11) is 0. The Balaban J connectivity index is 1.06. The Kier molecular flexibility index (Phi) is 14.1. The molecule has 0 N–H and O–H groups in total. The molecular weight excluding hydrogens is 1290 g/mol. The van der Waals surface area contributed by atoms with E-state index in [0.29, 0.717) is 28.5 Å². The van der Waals surface area contributed by atoms with Gasteiger partial charge in [0.15, 0.2) is 0 Å². The molecule has 19 rings (SSSR count). The van der Waals surface area contributed by atoms with E-state index < -0.39 is 0 Å². The van der Waals surface area contributed by atoms with Crippen LogP contribution in [-0.2, 0) is 21.7 Å². The second-order valence-electron chi connectivity index (χ2n) is 33.1. The summed E-state index contributed by atoms with van der Waals surface area (Å²) in [6.07, 6.45) is 0. The Morgan fingerprint density at radius 1 is 0.255 bits per heavy atom. The summed E-state index contributed by atoms with van der Waals surface area (Å²) in [4.78, 5) is 11.7. The van der Waals surface area contributed by atoms with Gasteiger partial charge >= 0.3 is 0 Å². The molecule has 0 unspecified atom stereocenters. The van der Waals surface area contributed by atoms with Crippen molar-refractivity contribution in [2.24, 2.45) is 0 Å². The van der Waals surface area contributed by atoms with Crippen molar-refractivity contribution in [3.05, 3.63) is 301 Å². The van der Waals surface area contributed by atoms with Gasteiger partial charge in [-0.05, 0) is 192 Å². The number of hydrogen-bond acceptors (Lipinski definition) is 3. The van der Waals surface area contributed by atoms with Crippen molar-refractivity contribution >= 4 is 99.3 Å². The second-order valence-corrected chi connectivity index (χ2v) is 33.1. The van der Waals surface area contributed by atoms with E-state index in [1.807, 2.05) is 0 Å². The quantitative estimate of drug-likeness (QED) is 0.152. The maximum absolute atomic E-state index is 13.6. The Morgan fingerprint density at radius 2 is 0.547 bits per heavy atom. The van der Waals surface area contributed by atoms with E-state index in [9.17, 15) is 5.26 Å². The Morgan fingerprint density at radius 3 is 0.896 bits per heavy atom. The largest absolute Gasteiger partial charge is 0.307 e. The molecule has 9 heteroatoms. The van der Waals surface area contributed by atoms with Crippen LogP contribution in [-0.4, -0.2) is 37.0 Å². The number of nitriles is 1. The predicted molar refractivity (Wildman–Crippen MR) is 443 cm³/mol. The van der Waals surface area contributed by atoms with Gasteiger partial charge in [0.05, 0.1) is 88.9 Å². The lowest BCUT2D eigenvalue weighted by atomic mass is 9.85. The lowest BCUT2D eigenvalue weighted by Crippen LogP contribution is -2.15. The average Bonchev–Trinajstić information content (AvgIpc) is 1.51. The van der Waals surface area contributed by atoms with Crippen molar-refractivity contribution in [1.82, 2.24) is 37.0 Å². The van der Waals surface area contributed by atoms with Gasteiger partial charge in [0.1, 0.15) is 11.6 Å². The fourth-order valence-electron chi connectivity index (χ4n) is 16.5. The number of imidazole rings is 4. The molecule has 9 nitrogen and oxygen atoms in total. The molecule has 106 heavy (non-hydrogen) atoms. The first kappa shape index (κ1) is 64.3. The summed E-state index contributed by atoms with van der Waals surface area (Å²) >= 11 is 0. The zero-order chi connectivity index (χ0) is 72.6. The van der Waals surface area contributed by atoms with Gasteiger partial charge in [-0.1, -0.05) is 253 Å². The van der Waals surface area contributed by atoms with E-state index in [1.165, 1.54) is 22.3 Å². The third kappa shape index (κ3) is 10.0. The van der Waals surface area contributed by atoms with Crippen molar-refractivity contribution in [1.29, 1.82) is 5.26 Å². The SMILES string of the molecule is CC(C)(C)c1ccc2c(c1)c1cc(C(C)(C)C)ccc1n2-c1cc(-n2c3ccc(-c4ccccc4)cc3n3c4cc(-c5ccccc5)ccc4nc23)c(-n2c3ccc(C(C)(C)C)cc3c3cc(C(C)(C)C)ccc32)c(C#N)c1-n1c2ccc(-c3ccccc3)cc2n2c3cc(-c4ccccc4)ccc3nc12. The van der Waals surface area contributed by atoms with E-state index in [0.717, 1.165) is 144 Å². The molecule has 13 aromatic carbocycles. The number of nitrogens with zero attached hydrogens (tertiary/aromatic N) is 9. The highest BCUT2D eigenvalue weighted by molar-refractivity contribution is 6.13. The molecule has 0 saturated heterocycles. The molecule has 0 spiro atoms. The lowest BCUT2D eigenvalue weighted by molar-refractivity contribution is 0.590. The van der Waals surface area contributed by atoms with Gasteiger partial charge in [-0.2, -0.15) is 5.26 Å². The van der Waals surface area contributed by atoms with Gasteiger partial charge in [-0.25, -0.2) is 9.97 Å². The number of fused-ring (bicyclic) bond motifs is 16. The highest BCUT2D eigenvalue weighted by Crippen LogP contribution is 2.49. The predicted octanol–water partition coefficient (Wildman–Crippen LogP) is 25.1. The van der Waals surface area contributed by atoms with Gasteiger partial charge < -0.3 is 9.13 Å². The van der Waals surface area contributed by atoms with Crippen molar-refractivity contribution in [3.8, 4) is 73.3 Å². The van der Waals surface area contributed by atoms with Crippen molar-refractivity contribution in [3.63, 3.8) is 0 Å². The maximum atomic E-state index is 13.6. The number of hydrogen-bond donors (Lipinski definition) is 0. The van der Waals surface area contributed by atoms with E-state index in [-0.39, 0.29) is 21.7 Å². The molecule has 514 valence electrons. The fraction of sp³-hybridized carbons (Fsp3) is 0.165. The zero-order valence-electron chi connectivity index (χ0n) is 62.0. The fourth-order valence-corrected chi connectivity index (χ4v) is 16.5. The molecule has 0 aliphatic carbocycles. The maximum Gasteiger partial charge on any atom is 0.220 e. The van der Waals surface area contributed by atoms with Gasteiger partial charge in [0, 0.05) is 21.5 Å². The molecule has 0 radical (unpaired) electrons. The molecule has 6 aromatic heterocycles. The summed E-state index contributed by atoms with van der Waals surface area (Å²) in [6.45, 7) is 27.6. The summed E-state index contributed by atoms with van der Waals surface area (Å²) in [5.74, 6) is 1.38. The molecule has 0 fully saturated rings. The van der Waals surface area contributed by atoms with Crippen LogP contribution in [0.1, 0.15) is 111 Å². The molecule has 19 aromatic rings. The standard InChI is InChI=1S/C97H81N9/c1-94(2,3)67-37-45-78-71(53-67)72-54-68(95(4,5)6)38-46-79(72)101(78)88-57-89(103-82-43-35-65(61-29-21-15-22-30-61)51-86(82)104-84-49-63(59-25-17-13-18-26-59)33-41-76(84)99-92(103)104)90(102-80-47-39-69(96(7,8)9)55-73(80)74-56-70(97(10,11)12)40-48-81(74)102)75(58-98)91(88)106-83-44-36-66(62-31-23-16-24-32-62)52-87(83)105-85-50-64(60-27-19-14-20-28-60)34-42-77(85)100-93(105)106/h13-57H,1-12H3. The lowest BCUT2D eigenvalue weighted by Gasteiger charge is -2.25. The summed E-state index contributed by atoms with van der Waals surface area (Å²) in [5, 5.41) is 18.1. The van der Waals surface area contributed by atoms with Gasteiger partial charge in [-0.15, -0.1) is 0 Å². The van der Waals surface area contributed by atoms with Crippen molar-refractivity contribution in [2.45, 2.75) is 105 Å². The normalized spacial score (nSPS) is 12.7. The number of aromatic nitrogens is 8. The third-order valence-electron chi connectivity index (χ3n) is 22.3. The Labute approximate surface area is 616 Å². The van der Waals surface area contributed by atoms with E-state index in [2.05, 4.69) is 389 Å². The van der Waals surface area contributed by atoms with Gasteiger partial charge in [-0.3, -0.25) is 17.9 Å². The molecule has 0 bridgehead atoms. The minimum atomic E-state index is -0.181. The summed E-state index contributed by atoms with van der Waals surface area (Å²) < 4.78 is 14.3. The van der Waals surface area contributed by atoms with Gasteiger partial charge in [0.2, 0.25) is 11.6 Å². The number of benzene rings is 13. The highest BCUT2D eigenvalue weighted by atomic mass is 15.2. The van der Waals surface area contributed by atoms with Crippen LogP contribution in [0.4, 0.5) is 0 Å². The smallest absolute Gasteiger partial charge is 0.220 e. The molecule has 0 aliphatic rings. The van der Waals surface area contributed by atoms with Crippen LogP contribution in [0.2, 0.25) is 0 Å². The molecule has 6 heterocycles. The van der Waals surface area contributed by atoms with Gasteiger partial charge in [0.25, 0.3) is 0 Å². The second kappa shape index (κ2) is 23.2. The minimum absolute atomic E-state index is 0.171. The topological polar surface area (TPSA) is 78.1 Å². The van der Waals surface area contributed by atoms with Crippen LogP contribution >= 0.6 is 0 Å². The van der Waals surface area contributed by atoms with E-state index >= 15 is 0 Å². The van der Waals surface area contributed by atoms with Crippen LogP contribution in [0.15, 0.2) is 273 Å². The van der Waals surface area contributed by atoms with Crippen molar-refractivity contribution in [2.75, 3.05) is 0 Å².